The van der Waals surface area contributed by atoms with E-state index < -0.39 is 5.97 Å². The number of hydrogen-bond donors (Lipinski definition) is 1. The monoisotopic (exact) mass is 213 g/mol. The molecule has 2 heterocycles. The van der Waals surface area contributed by atoms with Gasteiger partial charge in [-0.05, 0) is 18.1 Å². The number of aromatic nitrogens is 1. The quantitative estimate of drug-likeness (QED) is 0.790. The highest BCUT2D eigenvalue weighted by Gasteiger charge is 2.21. The van der Waals surface area contributed by atoms with Gasteiger partial charge in [0.25, 0.3) is 0 Å². The lowest BCUT2D eigenvalue weighted by atomic mass is 9.96. The van der Waals surface area contributed by atoms with E-state index in [1.807, 2.05) is 29.0 Å². The summed E-state index contributed by atoms with van der Waals surface area (Å²) in [5, 5.41) is 9.14. The van der Waals surface area contributed by atoms with Crippen molar-refractivity contribution < 1.29 is 9.90 Å². The fourth-order valence-corrected chi connectivity index (χ4v) is 2.34. The van der Waals surface area contributed by atoms with Gasteiger partial charge in [-0.15, -0.1) is 0 Å². The highest BCUT2D eigenvalue weighted by atomic mass is 16.4. The minimum absolute atomic E-state index is 0.396. The molecule has 0 bridgehead atoms. The van der Waals surface area contributed by atoms with Crippen LogP contribution in [0, 0.1) is 0 Å². The second kappa shape index (κ2) is 3.23. The molecule has 0 saturated carbocycles. The molecule has 1 N–H and O–H groups in total. The highest BCUT2D eigenvalue weighted by molar-refractivity contribution is 5.96. The predicted molar refractivity (Wildman–Crippen MR) is 60.5 cm³/mol. The first kappa shape index (κ1) is 9.21. The molecule has 1 aliphatic rings. The van der Waals surface area contributed by atoms with Crippen LogP contribution in [0.5, 0.6) is 0 Å². The average Bonchev–Trinajstić information content (AvgIpc) is 2.73. The Balaban J connectivity index is 2.29. The van der Waals surface area contributed by atoms with Crippen molar-refractivity contribution in [3.63, 3.8) is 0 Å². The number of carbonyl (C=O) groups is 1. The Hall–Kier alpha value is -2.03. The lowest BCUT2D eigenvalue weighted by Gasteiger charge is -2.19. The Morgan fingerprint density at radius 1 is 1.25 bits per heavy atom. The van der Waals surface area contributed by atoms with Crippen LogP contribution >= 0.6 is 0 Å². The van der Waals surface area contributed by atoms with E-state index in [2.05, 4.69) is 6.07 Å². The molecule has 0 aliphatic carbocycles. The molecule has 0 amide bonds. The number of hydrogen-bond acceptors (Lipinski definition) is 1. The number of aryl methyl sites for hydroxylation is 2. The van der Waals surface area contributed by atoms with E-state index in [9.17, 15) is 4.79 Å². The molecule has 0 saturated heterocycles. The lowest BCUT2D eigenvalue weighted by molar-refractivity contribution is 0.0697. The normalized spacial score (nSPS) is 13.0. The zero-order valence-corrected chi connectivity index (χ0v) is 8.68. The SMILES string of the molecule is O=C(O)c1ccn2c1-c1ccccc1CC2. The first-order valence-electron chi connectivity index (χ1n) is 5.28. The summed E-state index contributed by atoms with van der Waals surface area (Å²) < 4.78 is 2.02. The van der Waals surface area contributed by atoms with Gasteiger partial charge >= 0.3 is 5.97 Å². The number of nitrogens with zero attached hydrogens (tertiary/aromatic N) is 1. The van der Waals surface area contributed by atoms with E-state index in [1.54, 1.807) is 6.07 Å². The molecule has 0 spiro atoms. The second-order valence-electron chi connectivity index (χ2n) is 3.98. The minimum atomic E-state index is -0.856. The zero-order valence-electron chi connectivity index (χ0n) is 8.68. The van der Waals surface area contributed by atoms with Crippen molar-refractivity contribution in [3.05, 3.63) is 47.7 Å². The lowest BCUT2D eigenvalue weighted by Crippen LogP contribution is -2.11. The van der Waals surface area contributed by atoms with Crippen LogP contribution in [0.1, 0.15) is 15.9 Å². The van der Waals surface area contributed by atoms with Gasteiger partial charge in [-0.3, -0.25) is 0 Å². The molecule has 16 heavy (non-hydrogen) atoms. The molecule has 0 unspecified atom stereocenters. The molecule has 1 aliphatic heterocycles. The maximum absolute atomic E-state index is 11.1. The molecule has 0 atom stereocenters. The van der Waals surface area contributed by atoms with E-state index in [0.29, 0.717) is 5.56 Å². The maximum Gasteiger partial charge on any atom is 0.337 e. The molecule has 3 heteroatoms. The van der Waals surface area contributed by atoms with Gasteiger partial charge in [-0.2, -0.15) is 0 Å². The third-order valence-electron chi connectivity index (χ3n) is 3.09. The Kier molecular flexibility index (Phi) is 1.86. The molecule has 3 rings (SSSR count). The molecule has 1 aromatic heterocycles. The number of rotatable bonds is 1. The number of carboxylic acid groups (broad SMARTS) is 1. The Morgan fingerprint density at radius 3 is 2.88 bits per heavy atom. The summed E-state index contributed by atoms with van der Waals surface area (Å²) in [5.74, 6) is -0.856. The number of aromatic carboxylic acids is 1. The topological polar surface area (TPSA) is 42.2 Å². The molecular weight excluding hydrogens is 202 g/mol. The van der Waals surface area contributed by atoms with Gasteiger partial charge in [0.15, 0.2) is 0 Å². The predicted octanol–water partition coefficient (Wildman–Crippen LogP) is 2.41. The summed E-state index contributed by atoms with van der Waals surface area (Å²) >= 11 is 0. The van der Waals surface area contributed by atoms with Crippen LogP contribution in [0.15, 0.2) is 36.5 Å². The molecule has 2 aromatic rings. The highest BCUT2D eigenvalue weighted by Crippen LogP contribution is 2.32. The van der Waals surface area contributed by atoms with Crippen molar-refractivity contribution in [2.45, 2.75) is 13.0 Å². The smallest absolute Gasteiger partial charge is 0.337 e. The van der Waals surface area contributed by atoms with Gasteiger partial charge in [0.2, 0.25) is 0 Å². The summed E-state index contributed by atoms with van der Waals surface area (Å²) in [6, 6.07) is 9.69. The minimum Gasteiger partial charge on any atom is -0.478 e. The van der Waals surface area contributed by atoms with Gasteiger partial charge in [0.1, 0.15) is 0 Å². The van der Waals surface area contributed by atoms with Crippen LogP contribution in [0.3, 0.4) is 0 Å². The average molecular weight is 213 g/mol. The van der Waals surface area contributed by atoms with Gasteiger partial charge in [-0.25, -0.2) is 4.79 Å². The first-order chi connectivity index (χ1) is 7.77. The van der Waals surface area contributed by atoms with E-state index in [0.717, 1.165) is 24.2 Å². The Bertz CT molecular complexity index is 569. The zero-order chi connectivity index (χ0) is 11.1. The Morgan fingerprint density at radius 2 is 2.06 bits per heavy atom. The Labute approximate surface area is 93.0 Å². The molecule has 3 nitrogen and oxygen atoms in total. The van der Waals surface area contributed by atoms with Crippen molar-refractivity contribution in [1.82, 2.24) is 4.57 Å². The molecule has 0 fully saturated rings. The van der Waals surface area contributed by atoms with Crippen LogP contribution in [-0.4, -0.2) is 15.6 Å². The molecular formula is C13H11NO2. The van der Waals surface area contributed by atoms with Crippen molar-refractivity contribution in [2.75, 3.05) is 0 Å². The molecule has 80 valence electrons. The fraction of sp³-hybridized carbons (Fsp3) is 0.154. The largest absolute Gasteiger partial charge is 0.478 e. The summed E-state index contributed by atoms with van der Waals surface area (Å²) in [5.41, 5.74) is 3.52. The molecule has 0 radical (unpaired) electrons. The van der Waals surface area contributed by atoms with Gasteiger partial charge < -0.3 is 9.67 Å². The summed E-state index contributed by atoms with van der Waals surface area (Å²) in [6.07, 6.45) is 2.83. The summed E-state index contributed by atoms with van der Waals surface area (Å²) in [7, 11) is 0. The van der Waals surface area contributed by atoms with Crippen LogP contribution in [0.4, 0.5) is 0 Å². The van der Waals surface area contributed by atoms with Crippen molar-refractivity contribution in [2.24, 2.45) is 0 Å². The van der Waals surface area contributed by atoms with Crippen LogP contribution in [0.2, 0.25) is 0 Å². The summed E-state index contributed by atoms with van der Waals surface area (Å²) in [4.78, 5) is 11.1. The van der Waals surface area contributed by atoms with Gasteiger partial charge in [0, 0.05) is 18.3 Å². The number of benzene rings is 1. The van der Waals surface area contributed by atoms with Crippen LogP contribution in [0.25, 0.3) is 11.3 Å². The summed E-state index contributed by atoms with van der Waals surface area (Å²) in [6.45, 7) is 0.861. The third-order valence-corrected chi connectivity index (χ3v) is 3.09. The van der Waals surface area contributed by atoms with Gasteiger partial charge in [0.05, 0.1) is 11.3 Å². The number of fused-ring (bicyclic) bond motifs is 3. The van der Waals surface area contributed by atoms with Gasteiger partial charge in [-0.1, -0.05) is 24.3 Å². The maximum atomic E-state index is 11.1. The first-order valence-corrected chi connectivity index (χ1v) is 5.28. The fourth-order valence-electron chi connectivity index (χ4n) is 2.34. The van der Waals surface area contributed by atoms with Crippen LogP contribution in [-0.2, 0) is 13.0 Å². The third kappa shape index (κ3) is 1.18. The number of carboxylic acids is 1. The van der Waals surface area contributed by atoms with E-state index in [1.165, 1.54) is 5.56 Å². The van der Waals surface area contributed by atoms with Crippen molar-refractivity contribution >= 4 is 5.97 Å². The van der Waals surface area contributed by atoms with Crippen molar-refractivity contribution in [3.8, 4) is 11.3 Å². The van der Waals surface area contributed by atoms with E-state index >= 15 is 0 Å². The molecule has 1 aromatic carbocycles. The van der Waals surface area contributed by atoms with Crippen molar-refractivity contribution in [1.29, 1.82) is 0 Å². The standard InChI is InChI=1S/C13H11NO2/c15-13(16)11-6-8-14-7-5-9-3-1-2-4-10(9)12(11)14/h1-4,6,8H,5,7H2,(H,15,16). The van der Waals surface area contributed by atoms with E-state index in [4.69, 9.17) is 5.11 Å². The second-order valence-corrected chi connectivity index (χ2v) is 3.98. The van der Waals surface area contributed by atoms with Crippen LogP contribution < -0.4 is 0 Å². The van der Waals surface area contributed by atoms with E-state index in [-0.39, 0.29) is 0 Å².